The van der Waals surface area contributed by atoms with Crippen molar-refractivity contribution in [3.63, 3.8) is 0 Å². The van der Waals surface area contributed by atoms with Crippen LogP contribution in [0.5, 0.6) is 0 Å². The lowest BCUT2D eigenvalue weighted by Crippen LogP contribution is -2.45. The minimum atomic E-state index is -4.21. The third kappa shape index (κ3) is 2.18. The monoisotopic (exact) mass is 323 g/mol. The summed E-state index contributed by atoms with van der Waals surface area (Å²) in [6.45, 7) is 14.1. The van der Waals surface area contributed by atoms with E-state index in [1.807, 2.05) is 27.7 Å². The minimum absolute atomic E-state index is 0.246. The Hall–Kier alpha value is -0.270. The summed E-state index contributed by atoms with van der Waals surface area (Å²) in [5.41, 5.74) is -0.408. The van der Waals surface area contributed by atoms with Gasteiger partial charge in [0.15, 0.2) is 0 Å². The number of oxime groups is 1. The molecule has 0 aliphatic heterocycles. The van der Waals surface area contributed by atoms with E-state index >= 15 is 0 Å². The first kappa shape index (κ1) is 17.8. The molecule has 1 unspecified atom stereocenters. The van der Waals surface area contributed by atoms with Crippen LogP contribution in [0.15, 0.2) is 5.16 Å². The molecule has 1 fully saturated rings. The summed E-state index contributed by atoms with van der Waals surface area (Å²) in [6.07, 6.45) is 0. The summed E-state index contributed by atoms with van der Waals surface area (Å²) < 4.78 is 31.4. The van der Waals surface area contributed by atoms with Crippen molar-refractivity contribution in [3.8, 4) is 0 Å². The van der Waals surface area contributed by atoms with E-state index < -0.39 is 19.3 Å². The summed E-state index contributed by atoms with van der Waals surface area (Å²) >= 11 is 0. The van der Waals surface area contributed by atoms with Crippen LogP contribution in [0.25, 0.3) is 0 Å². The molecular weight excluding hydrogens is 298 g/mol. The molecule has 7 heteroatoms. The second kappa shape index (κ2) is 4.61. The van der Waals surface area contributed by atoms with Gasteiger partial charge in [-0.2, -0.15) is 8.42 Å². The van der Waals surface area contributed by atoms with Crippen molar-refractivity contribution >= 4 is 25.7 Å². The molecular formula is C13H25NO4S2. The second-order valence-electron chi connectivity index (χ2n) is 7.04. The Bertz CT molecular complexity index is 535. The van der Waals surface area contributed by atoms with Gasteiger partial charge in [0.25, 0.3) is 0 Å². The Morgan fingerprint density at radius 3 is 1.85 bits per heavy atom. The standard InChI is InChI=1S/C13H25NO4S2/c1-10(2)9(14-18-8)13(7,19-20(15,16)17)12(5,6)11(10,3)4/h1-8H3,(H,15,16,17)/b14-9-. The highest BCUT2D eigenvalue weighted by Crippen LogP contribution is 2.69. The lowest BCUT2D eigenvalue weighted by molar-refractivity contribution is 0.0532. The summed E-state index contributed by atoms with van der Waals surface area (Å²) in [7, 11) is -2.22. The van der Waals surface area contributed by atoms with Crippen LogP contribution in [0.4, 0.5) is 0 Å². The molecule has 1 atom stereocenters. The smallest absolute Gasteiger partial charge is 0.320 e. The zero-order chi connectivity index (χ0) is 16.2. The van der Waals surface area contributed by atoms with Crippen molar-refractivity contribution < 1.29 is 17.8 Å². The summed E-state index contributed by atoms with van der Waals surface area (Å²) in [5.74, 6) is 0. The fourth-order valence-corrected chi connectivity index (χ4v) is 6.59. The van der Waals surface area contributed by atoms with E-state index in [9.17, 15) is 13.0 Å². The van der Waals surface area contributed by atoms with Gasteiger partial charge >= 0.3 is 9.15 Å². The summed E-state index contributed by atoms with van der Waals surface area (Å²) in [4.78, 5) is 4.96. The Balaban J connectivity index is 3.67. The molecule has 0 aromatic heterocycles. The van der Waals surface area contributed by atoms with Crippen molar-refractivity contribution in [3.05, 3.63) is 0 Å². The van der Waals surface area contributed by atoms with Crippen molar-refractivity contribution in [2.24, 2.45) is 21.4 Å². The molecule has 20 heavy (non-hydrogen) atoms. The Morgan fingerprint density at radius 2 is 1.50 bits per heavy atom. The summed E-state index contributed by atoms with van der Waals surface area (Å²) in [6, 6.07) is 0. The molecule has 118 valence electrons. The van der Waals surface area contributed by atoms with Gasteiger partial charge in [0.05, 0.1) is 10.5 Å². The SMILES string of the molecule is CO/N=C1/C(C)(C)C(C)(C)C(C)(C)C1(C)SS(=O)(=O)O. The number of hydrogen-bond acceptors (Lipinski definition) is 5. The average Bonchev–Trinajstić information content (AvgIpc) is 2.27. The highest BCUT2D eigenvalue weighted by molar-refractivity contribution is 8.70. The lowest BCUT2D eigenvalue weighted by atomic mass is 9.60. The minimum Gasteiger partial charge on any atom is -0.399 e. The third-order valence-electron chi connectivity index (χ3n) is 5.82. The van der Waals surface area contributed by atoms with Gasteiger partial charge in [0.2, 0.25) is 0 Å². The number of rotatable bonds is 3. The topological polar surface area (TPSA) is 76.0 Å². The van der Waals surface area contributed by atoms with Crippen LogP contribution in [0.2, 0.25) is 0 Å². The fourth-order valence-electron chi connectivity index (χ4n) is 3.21. The molecule has 1 N–H and O–H groups in total. The van der Waals surface area contributed by atoms with Crippen LogP contribution in [-0.2, 0) is 14.0 Å². The van der Waals surface area contributed by atoms with Gasteiger partial charge in [0, 0.05) is 16.2 Å². The average molecular weight is 323 g/mol. The Morgan fingerprint density at radius 1 is 1.05 bits per heavy atom. The molecule has 0 heterocycles. The molecule has 1 aliphatic rings. The van der Waals surface area contributed by atoms with Gasteiger partial charge in [-0.25, -0.2) is 0 Å². The van der Waals surface area contributed by atoms with E-state index in [4.69, 9.17) is 4.84 Å². The van der Waals surface area contributed by atoms with Crippen LogP contribution in [0.1, 0.15) is 48.5 Å². The molecule has 1 rings (SSSR count). The van der Waals surface area contributed by atoms with Gasteiger partial charge in [-0.3, -0.25) is 4.55 Å². The van der Waals surface area contributed by atoms with Crippen LogP contribution in [0.3, 0.4) is 0 Å². The van der Waals surface area contributed by atoms with Crippen molar-refractivity contribution in [1.29, 1.82) is 0 Å². The normalized spacial score (nSPS) is 33.4. The molecule has 5 nitrogen and oxygen atoms in total. The molecule has 0 amide bonds. The van der Waals surface area contributed by atoms with Crippen LogP contribution in [0, 0.1) is 16.2 Å². The first-order valence-electron chi connectivity index (χ1n) is 6.45. The first-order chi connectivity index (χ1) is 8.65. The molecule has 1 saturated carbocycles. The zero-order valence-corrected chi connectivity index (χ0v) is 15.1. The van der Waals surface area contributed by atoms with Crippen LogP contribution < -0.4 is 0 Å². The first-order valence-corrected chi connectivity index (χ1v) is 9.22. The van der Waals surface area contributed by atoms with Gasteiger partial charge < -0.3 is 4.84 Å². The van der Waals surface area contributed by atoms with Gasteiger partial charge in [-0.15, -0.1) is 0 Å². The van der Waals surface area contributed by atoms with Crippen molar-refractivity contribution in [2.45, 2.75) is 53.2 Å². The molecule has 0 bridgehead atoms. The summed E-state index contributed by atoms with van der Waals surface area (Å²) in [5, 5.41) is 4.13. The Labute approximate surface area is 125 Å². The molecule has 0 aromatic rings. The largest absolute Gasteiger partial charge is 0.399 e. The molecule has 0 radical (unpaired) electrons. The van der Waals surface area contributed by atoms with Crippen LogP contribution >= 0.6 is 10.8 Å². The third-order valence-corrected chi connectivity index (χ3v) is 8.70. The van der Waals surface area contributed by atoms with E-state index in [1.165, 1.54) is 7.11 Å². The van der Waals surface area contributed by atoms with Gasteiger partial charge in [-0.1, -0.05) is 46.7 Å². The quantitative estimate of drug-likeness (QED) is 0.489. The van der Waals surface area contributed by atoms with E-state index in [0.29, 0.717) is 16.5 Å². The van der Waals surface area contributed by atoms with E-state index in [1.54, 1.807) is 6.92 Å². The van der Waals surface area contributed by atoms with Gasteiger partial charge in [0.1, 0.15) is 7.11 Å². The maximum Gasteiger partial charge on any atom is 0.320 e. The van der Waals surface area contributed by atoms with Crippen molar-refractivity contribution in [1.82, 2.24) is 0 Å². The molecule has 0 spiro atoms. The maximum absolute atomic E-state index is 11.5. The van der Waals surface area contributed by atoms with Gasteiger partial charge in [-0.05, 0) is 17.8 Å². The maximum atomic E-state index is 11.5. The van der Waals surface area contributed by atoms with E-state index in [2.05, 4.69) is 19.0 Å². The second-order valence-corrected chi connectivity index (χ2v) is 10.6. The van der Waals surface area contributed by atoms with Crippen LogP contribution in [-0.4, -0.2) is 30.5 Å². The molecule has 0 saturated heterocycles. The zero-order valence-electron chi connectivity index (χ0n) is 13.4. The predicted molar refractivity (Wildman–Crippen MR) is 83.3 cm³/mol. The van der Waals surface area contributed by atoms with E-state index in [-0.39, 0.29) is 10.8 Å². The van der Waals surface area contributed by atoms with Crippen molar-refractivity contribution in [2.75, 3.05) is 7.11 Å². The molecule has 0 aromatic carbocycles. The highest BCUT2D eigenvalue weighted by Gasteiger charge is 2.70. The Kier molecular flexibility index (Phi) is 4.10. The highest BCUT2D eigenvalue weighted by atomic mass is 33.1. The molecule has 1 aliphatic carbocycles. The number of hydrogen-bond donors (Lipinski definition) is 1. The fraction of sp³-hybridized carbons (Fsp3) is 0.923. The lowest BCUT2D eigenvalue weighted by Gasteiger charge is -2.46. The number of nitrogens with zero attached hydrogens (tertiary/aromatic N) is 1. The predicted octanol–water partition coefficient (Wildman–Crippen LogP) is 3.38. The van der Waals surface area contributed by atoms with E-state index in [0.717, 1.165) is 0 Å².